The maximum absolute atomic E-state index is 13.7. The lowest BCUT2D eigenvalue weighted by atomic mass is 9.85. The van der Waals surface area contributed by atoms with Crippen molar-refractivity contribution in [3.8, 4) is 0 Å². The van der Waals surface area contributed by atoms with Gasteiger partial charge >= 0.3 is 0 Å². The molecule has 0 radical (unpaired) electrons. The summed E-state index contributed by atoms with van der Waals surface area (Å²) in [6, 6.07) is 8.62. The highest BCUT2D eigenvalue weighted by Gasteiger charge is 2.58. The Morgan fingerprint density at radius 3 is 2.67 bits per heavy atom. The Balaban J connectivity index is 1.59. The highest BCUT2D eigenvalue weighted by Crippen LogP contribution is 2.49. The molecule has 6 rings (SSSR count). The number of aromatic nitrogens is 2. The van der Waals surface area contributed by atoms with Gasteiger partial charge in [0.25, 0.3) is 5.56 Å². The number of rotatable bonds is 2. The van der Waals surface area contributed by atoms with Crippen LogP contribution in [-0.2, 0) is 15.2 Å². The van der Waals surface area contributed by atoms with Crippen molar-refractivity contribution in [2.45, 2.75) is 50.1 Å². The van der Waals surface area contributed by atoms with Crippen LogP contribution in [0.25, 0.3) is 10.9 Å². The van der Waals surface area contributed by atoms with Crippen molar-refractivity contribution in [3.05, 3.63) is 70.3 Å². The van der Waals surface area contributed by atoms with Crippen LogP contribution in [0.5, 0.6) is 0 Å². The Kier molecular flexibility index (Phi) is 3.65. The largest absolute Gasteiger partial charge is 0.381 e. The van der Waals surface area contributed by atoms with Gasteiger partial charge in [0, 0.05) is 12.0 Å². The number of carbonyl (C=O) groups is 2. The van der Waals surface area contributed by atoms with Crippen molar-refractivity contribution >= 4 is 28.4 Å². The molecule has 9 heteroatoms. The van der Waals surface area contributed by atoms with E-state index in [1.807, 2.05) is 0 Å². The molecule has 5 atom stereocenters. The molecule has 1 aromatic heterocycles. The summed E-state index contributed by atoms with van der Waals surface area (Å²) in [4.78, 5) is 45.9. The van der Waals surface area contributed by atoms with E-state index >= 15 is 0 Å². The van der Waals surface area contributed by atoms with E-state index in [9.17, 15) is 20.9 Å². The van der Waals surface area contributed by atoms with E-state index in [-0.39, 0.29) is 17.1 Å². The number of nitrogens with one attached hydrogen (secondary N) is 2. The van der Waals surface area contributed by atoms with Crippen LogP contribution in [-0.4, -0.2) is 38.7 Å². The third-order valence-electron chi connectivity index (χ3n) is 6.74. The Hall–Kier alpha value is -3.56. The minimum Gasteiger partial charge on any atom is -0.381 e. The van der Waals surface area contributed by atoms with Crippen molar-refractivity contribution in [3.63, 3.8) is 0 Å². The second-order valence-electron chi connectivity index (χ2n) is 8.74. The summed E-state index contributed by atoms with van der Waals surface area (Å²) in [5, 5.41) is 17.9. The molecule has 4 heterocycles. The lowest BCUT2D eigenvalue weighted by molar-refractivity contribution is -0.129. The van der Waals surface area contributed by atoms with E-state index in [1.165, 1.54) is 11.8 Å². The maximum Gasteiger partial charge on any atom is 0.262 e. The van der Waals surface area contributed by atoms with Crippen LogP contribution in [0, 0.1) is 0 Å². The number of carbonyl (C=O) groups excluding carboxylic acids is 2. The van der Waals surface area contributed by atoms with Gasteiger partial charge in [0.2, 0.25) is 11.8 Å². The van der Waals surface area contributed by atoms with Crippen molar-refractivity contribution in [2.75, 3.05) is 4.90 Å². The molecule has 0 aliphatic carbocycles. The lowest BCUT2D eigenvalue weighted by Crippen LogP contribution is -2.54. The van der Waals surface area contributed by atoms with Gasteiger partial charge in [-0.3, -0.25) is 29.2 Å². The molecule has 2 amide bonds. The van der Waals surface area contributed by atoms with Gasteiger partial charge in [-0.25, -0.2) is 4.98 Å². The SMILES string of the molecule is [2H][C@@]1(C)NC(=O)[C@@]([2H])(C[C@]2(O)c3ccccc3N3C(=O)[C@H](C)N[C@@H]32)n2c1nc1ccccc1c2=O. The van der Waals surface area contributed by atoms with E-state index < -0.39 is 47.7 Å². The number of hydrogen-bond donors (Lipinski definition) is 3. The second-order valence-corrected chi connectivity index (χ2v) is 8.74. The van der Waals surface area contributed by atoms with E-state index in [1.54, 1.807) is 55.5 Å². The first-order valence-corrected chi connectivity index (χ1v) is 10.8. The molecule has 1 fully saturated rings. The summed E-state index contributed by atoms with van der Waals surface area (Å²) in [7, 11) is 0. The topological polar surface area (TPSA) is 117 Å². The van der Waals surface area contributed by atoms with E-state index in [2.05, 4.69) is 15.6 Å². The fraction of sp³-hybridized carbons (Fsp3) is 0.333. The molecule has 1 saturated heterocycles. The van der Waals surface area contributed by atoms with Crippen LogP contribution in [0.15, 0.2) is 53.3 Å². The maximum atomic E-state index is 13.7. The molecule has 0 bridgehead atoms. The van der Waals surface area contributed by atoms with Gasteiger partial charge in [0.05, 0.1) is 31.4 Å². The molecule has 3 N–H and O–H groups in total. The quantitative estimate of drug-likeness (QED) is 0.541. The van der Waals surface area contributed by atoms with Gasteiger partial charge in [-0.15, -0.1) is 0 Å². The first kappa shape index (κ1) is 17.9. The zero-order chi connectivity index (χ0) is 24.9. The average molecular weight is 447 g/mol. The molecule has 168 valence electrons. The van der Waals surface area contributed by atoms with Crippen molar-refractivity contribution < 1.29 is 17.4 Å². The Bertz CT molecular complexity index is 1510. The monoisotopic (exact) mass is 447 g/mol. The molecule has 33 heavy (non-hydrogen) atoms. The minimum absolute atomic E-state index is 0.105. The summed E-state index contributed by atoms with van der Waals surface area (Å²) in [6.45, 7) is 3.06. The Morgan fingerprint density at radius 1 is 1.12 bits per heavy atom. The van der Waals surface area contributed by atoms with Crippen LogP contribution in [0.3, 0.4) is 0 Å². The van der Waals surface area contributed by atoms with Gasteiger partial charge in [-0.1, -0.05) is 30.3 Å². The number of anilines is 1. The Morgan fingerprint density at radius 2 is 1.85 bits per heavy atom. The second kappa shape index (κ2) is 6.72. The number of fused-ring (bicyclic) bond motifs is 5. The standard InChI is InChI=1S/C24H23N5O4/c1-12-19-27-16-9-5-3-7-14(16)22(32)28(19)18(20(30)25-12)11-24(33)15-8-4-6-10-17(15)29-21(31)13(2)26-23(24)29/h3-10,12-13,18,23,26,33H,11H2,1-2H3,(H,25,30)/t12-,13-,18+,23-,24-/m0/s1/i12D,18D. The predicted octanol–water partition coefficient (Wildman–Crippen LogP) is 1.07. The van der Waals surface area contributed by atoms with Gasteiger partial charge in [0.1, 0.15) is 23.6 Å². The first-order valence-electron chi connectivity index (χ1n) is 11.8. The Labute approximate surface area is 191 Å². The number of hydrogen-bond acceptors (Lipinski definition) is 6. The zero-order valence-corrected chi connectivity index (χ0v) is 18.0. The molecule has 0 saturated carbocycles. The van der Waals surface area contributed by atoms with Crippen LogP contribution >= 0.6 is 0 Å². The number of benzene rings is 2. The first-order chi connectivity index (χ1) is 16.5. The zero-order valence-electron chi connectivity index (χ0n) is 20.0. The minimum atomic E-state index is -2.35. The third-order valence-corrected chi connectivity index (χ3v) is 6.74. The molecule has 2 aromatic carbocycles. The van der Waals surface area contributed by atoms with Gasteiger partial charge < -0.3 is 10.4 Å². The molecule has 3 aromatic rings. The number of nitrogens with zero attached hydrogens (tertiary/aromatic N) is 3. The summed E-state index contributed by atoms with van der Waals surface area (Å²) in [5.74, 6) is -1.26. The highest BCUT2D eigenvalue weighted by atomic mass is 16.3. The number of aliphatic hydroxyl groups is 1. The molecule has 9 nitrogen and oxygen atoms in total. The van der Waals surface area contributed by atoms with Crippen molar-refractivity contribution in [1.82, 2.24) is 20.2 Å². The van der Waals surface area contributed by atoms with Crippen LogP contribution in [0.4, 0.5) is 5.69 Å². The van der Waals surface area contributed by atoms with Crippen LogP contribution < -0.4 is 21.1 Å². The summed E-state index contributed by atoms with van der Waals surface area (Å²) in [5.41, 5.74) is -1.33. The van der Waals surface area contributed by atoms with Crippen LogP contribution in [0.2, 0.25) is 0 Å². The van der Waals surface area contributed by atoms with Crippen molar-refractivity contribution in [2.24, 2.45) is 0 Å². The predicted molar refractivity (Wildman–Crippen MR) is 120 cm³/mol. The van der Waals surface area contributed by atoms with E-state index in [0.717, 1.165) is 4.57 Å². The third kappa shape index (κ3) is 2.60. The molecule has 0 unspecified atom stereocenters. The molecule has 3 aliphatic rings. The molecule has 0 spiro atoms. The smallest absolute Gasteiger partial charge is 0.262 e. The average Bonchev–Trinajstić information content (AvgIpc) is 3.24. The summed E-state index contributed by atoms with van der Waals surface area (Å²) >= 11 is 0. The molecular weight excluding hydrogens is 422 g/mol. The van der Waals surface area contributed by atoms with Gasteiger partial charge in [-0.2, -0.15) is 0 Å². The van der Waals surface area contributed by atoms with Crippen molar-refractivity contribution in [1.29, 1.82) is 0 Å². The fourth-order valence-electron chi connectivity index (χ4n) is 5.17. The van der Waals surface area contributed by atoms with E-state index in [0.29, 0.717) is 16.8 Å². The number of para-hydroxylation sites is 2. The molecule has 3 aliphatic heterocycles. The fourth-order valence-corrected chi connectivity index (χ4v) is 5.17. The van der Waals surface area contributed by atoms with Crippen LogP contribution in [0.1, 0.15) is 46.4 Å². The number of amides is 2. The van der Waals surface area contributed by atoms with E-state index in [4.69, 9.17) is 1.37 Å². The summed E-state index contributed by atoms with van der Waals surface area (Å²) < 4.78 is 18.9. The normalized spacial score (nSPS) is 35.5. The highest BCUT2D eigenvalue weighted by molar-refractivity contribution is 6.02. The molecular formula is C24H23N5O4. The van der Waals surface area contributed by atoms with Gasteiger partial charge in [-0.05, 0) is 32.0 Å². The summed E-state index contributed by atoms with van der Waals surface area (Å²) in [6.07, 6.45) is -1.49. The van der Waals surface area contributed by atoms with Gasteiger partial charge in [0.15, 0.2) is 0 Å². The lowest BCUT2D eigenvalue weighted by Gasteiger charge is -2.37.